The van der Waals surface area contributed by atoms with Crippen molar-refractivity contribution in [1.82, 2.24) is 0 Å². The van der Waals surface area contributed by atoms with Gasteiger partial charge in [-0.1, -0.05) is 35.3 Å². The van der Waals surface area contributed by atoms with Crippen LogP contribution in [0.3, 0.4) is 0 Å². The molecule has 2 aromatic rings. The largest absolute Gasteiger partial charge is 0.421 e. The number of rotatable bonds is 3. The Morgan fingerprint density at radius 1 is 1.04 bits per heavy atom. The fourth-order valence-electron chi connectivity index (χ4n) is 2.11. The van der Waals surface area contributed by atoms with E-state index in [1.165, 1.54) is 36.2 Å². The van der Waals surface area contributed by atoms with Gasteiger partial charge < -0.3 is 10.0 Å². The van der Waals surface area contributed by atoms with Crippen molar-refractivity contribution in [3.05, 3.63) is 63.6 Å². The molecule has 1 N–H and O–H groups in total. The Hall–Kier alpha value is -1.76. The van der Waals surface area contributed by atoms with Gasteiger partial charge in [-0.15, -0.1) is 0 Å². The molecule has 0 spiro atoms. The molecule has 1 atom stereocenters. The van der Waals surface area contributed by atoms with Gasteiger partial charge in [0, 0.05) is 18.3 Å². The summed E-state index contributed by atoms with van der Waals surface area (Å²) in [5.74, 6) is -0.448. The number of nitrogens with zero attached hydrogens (tertiary/aromatic N) is 1. The topological polar surface area (TPSA) is 40.5 Å². The lowest BCUT2D eigenvalue weighted by atomic mass is 9.94. The van der Waals surface area contributed by atoms with E-state index >= 15 is 0 Å². The van der Waals surface area contributed by atoms with Gasteiger partial charge >= 0.3 is 6.18 Å². The van der Waals surface area contributed by atoms with E-state index in [4.69, 9.17) is 23.2 Å². The highest BCUT2D eigenvalue weighted by Crippen LogP contribution is 2.38. The Morgan fingerprint density at radius 2 is 1.60 bits per heavy atom. The van der Waals surface area contributed by atoms with Gasteiger partial charge in [-0.3, -0.25) is 4.79 Å². The monoisotopic (exact) mass is 391 g/mol. The SMILES string of the molecule is CN(C(=O)c1ccc(C(C)(O)C(F)(F)F)cc1)c1ccc(Cl)c(Cl)c1. The van der Waals surface area contributed by atoms with Crippen LogP contribution in [0.15, 0.2) is 42.5 Å². The zero-order valence-corrected chi connectivity index (χ0v) is 14.7. The van der Waals surface area contributed by atoms with Crippen LogP contribution >= 0.6 is 23.2 Å². The average Bonchev–Trinajstić information content (AvgIpc) is 2.55. The molecule has 0 saturated carbocycles. The van der Waals surface area contributed by atoms with E-state index in [1.807, 2.05) is 0 Å². The normalized spacial score (nSPS) is 14.1. The summed E-state index contributed by atoms with van der Waals surface area (Å²) >= 11 is 11.7. The molecule has 0 fully saturated rings. The minimum Gasteiger partial charge on any atom is -0.376 e. The van der Waals surface area contributed by atoms with Crippen LogP contribution in [-0.2, 0) is 5.60 Å². The van der Waals surface area contributed by atoms with Crippen molar-refractivity contribution in [2.45, 2.75) is 18.7 Å². The predicted octanol–water partition coefficient (Wildman–Crippen LogP) is 5.04. The molecule has 2 rings (SSSR count). The van der Waals surface area contributed by atoms with Crippen molar-refractivity contribution in [2.24, 2.45) is 0 Å². The molecule has 1 unspecified atom stereocenters. The van der Waals surface area contributed by atoms with Gasteiger partial charge in [-0.05, 0) is 42.8 Å². The van der Waals surface area contributed by atoms with Crippen molar-refractivity contribution >= 4 is 34.8 Å². The quantitative estimate of drug-likeness (QED) is 0.795. The molecule has 8 heteroatoms. The van der Waals surface area contributed by atoms with Gasteiger partial charge in [0.2, 0.25) is 0 Å². The van der Waals surface area contributed by atoms with Crippen LogP contribution in [0.1, 0.15) is 22.8 Å². The number of carbonyl (C=O) groups excluding carboxylic acids is 1. The molecule has 0 bridgehead atoms. The molecule has 0 saturated heterocycles. The number of halogens is 5. The molecular weight excluding hydrogens is 378 g/mol. The Morgan fingerprint density at radius 3 is 2.08 bits per heavy atom. The maximum Gasteiger partial charge on any atom is 0.421 e. The van der Waals surface area contributed by atoms with Crippen molar-refractivity contribution < 1.29 is 23.1 Å². The first-order valence-corrected chi connectivity index (χ1v) is 7.83. The maximum atomic E-state index is 12.8. The molecule has 1 amide bonds. The number of carbonyl (C=O) groups is 1. The average molecular weight is 392 g/mol. The summed E-state index contributed by atoms with van der Waals surface area (Å²) in [6, 6.07) is 9.23. The summed E-state index contributed by atoms with van der Waals surface area (Å²) in [5.41, 5.74) is -2.71. The first kappa shape index (κ1) is 19.6. The molecule has 0 aliphatic heterocycles. The Balaban J connectivity index is 2.27. The van der Waals surface area contributed by atoms with Crippen molar-refractivity contribution in [2.75, 3.05) is 11.9 Å². The van der Waals surface area contributed by atoms with E-state index < -0.39 is 17.7 Å². The van der Waals surface area contributed by atoms with Gasteiger partial charge in [0.25, 0.3) is 5.91 Å². The number of benzene rings is 2. The standard InChI is InChI=1S/C17H14Cl2F3NO2/c1-16(25,17(20,21)22)11-5-3-10(4-6-11)15(24)23(2)12-7-8-13(18)14(19)9-12/h3-9,25H,1-2H3. The van der Waals surface area contributed by atoms with Crippen LogP contribution in [0.5, 0.6) is 0 Å². The van der Waals surface area contributed by atoms with E-state index in [0.29, 0.717) is 17.6 Å². The van der Waals surface area contributed by atoms with Crippen LogP contribution in [0, 0.1) is 0 Å². The second-order valence-corrected chi connectivity index (χ2v) is 6.42. The third-order valence-electron chi connectivity index (χ3n) is 3.84. The molecule has 0 aliphatic rings. The van der Waals surface area contributed by atoms with Crippen LogP contribution in [0.4, 0.5) is 18.9 Å². The number of alkyl halides is 3. The molecule has 25 heavy (non-hydrogen) atoms. The fourth-order valence-corrected chi connectivity index (χ4v) is 2.40. The second-order valence-electron chi connectivity index (χ2n) is 5.61. The Labute approximate surface area is 152 Å². The molecule has 0 radical (unpaired) electrons. The summed E-state index contributed by atoms with van der Waals surface area (Å²) in [5, 5.41) is 10.3. The molecular formula is C17H14Cl2F3NO2. The number of anilines is 1. The number of hydrogen-bond acceptors (Lipinski definition) is 2. The minimum absolute atomic E-state index is 0.162. The van der Waals surface area contributed by atoms with Gasteiger partial charge in [-0.25, -0.2) is 0 Å². The Bertz CT molecular complexity index is 789. The van der Waals surface area contributed by atoms with E-state index in [9.17, 15) is 23.1 Å². The van der Waals surface area contributed by atoms with Crippen LogP contribution in [0.25, 0.3) is 0 Å². The Kier molecular flexibility index (Phi) is 5.37. The molecule has 0 aromatic heterocycles. The first-order chi connectivity index (χ1) is 11.4. The maximum absolute atomic E-state index is 12.8. The van der Waals surface area contributed by atoms with Crippen molar-refractivity contribution in [3.63, 3.8) is 0 Å². The highest BCUT2D eigenvalue weighted by molar-refractivity contribution is 6.42. The zero-order chi connectivity index (χ0) is 19.0. The first-order valence-electron chi connectivity index (χ1n) is 7.08. The van der Waals surface area contributed by atoms with E-state index in [0.717, 1.165) is 12.1 Å². The lowest BCUT2D eigenvalue weighted by Crippen LogP contribution is -2.39. The molecule has 0 heterocycles. The van der Waals surface area contributed by atoms with Gasteiger partial charge in [0.05, 0.1) is 10.0 Å². The number of aliphatic hydroxyl groups is 1. The molecule has 3 nitrogen and oxygen atoms in total. The fraction of sp³-hybridized carbons (Fsp3) is 0.235. The summed E-state index contributed by atoms with van der Waals surface area (Å²) in [4.78, 5) is 13.8. The van der Waals surface area contributed by atoms with E-state index in [-0.39, 0.29) is 16.1 Å². The van der Waals surface area contributed by atoms with E-state index in [1.54, 1.807) is 6.07 Å². The van der Waals surface area contributed by atoms with Crippen molar-refractivity contribution in [3.8, 4) is 0 Å². The van der Waals surface area contributed by atoms with Crippen molar-refractivity contribution in [1.29, 1.82) is 0 Å². The molecule has 134 valence electrons. The van der Waals surface area contributed by atoms with Gasteiger partial charge in [0.15, 0.2) is 5.60 Å². The van der Waals surface area contributed by atoms with Crippen LogP contribution in [0.2, 0.25) is 10.0 Å². The predicted molar refractivity (Wildman–Crippen MR) is 91.3 cm³/mol. The lowest BCUT2D eigenvalue weighted by molar-refractivity contribution is -0.258. The van der Waals surface area contributed by atoms with Crippen LogP contribution in [-0.4, -0.2) is 24.2 Å². The van der Waals surface area contributed by atoms with Gasteiger partial charge in [0.1, 0.15) is 0 Å². The summed E-state index contributed by atoms with van der Waals surface area (Å²) in [6.07, 6.45) is -4.82. The van der Waals surface area contributed by atoms with Gasteiger partial charge in [-0.2, -0.15) is 13.2 Å². The second kappa shape index (κ2) is 6.86. The minimum atomic E-state index is -4.82. The summed E-state index contributed by atoms with van der Waals surface area (Å²) in [6.45, 7) is 0.658. The smallest absolute Gasteiger partial charge is 0.376 e. The lowest BCUT2D eigenvalue weighted by Gasteiger charge is -2.27. The number of hydrogen-bond donors (Lipinski definition) is 1. The molecule has 2 aromatic carbocycles. The highest BCUT2D eigenvalue weighted by atomic mass is 35.5. The number of amides is 1. The zero-order valence-electron chi connectivity index (χ0n) is 13.2. The summed E-state index contributed by atoms with van der Waals surface area (Å²) < 4.78 is 38.5. The van der Waals surface area contributed by atoms with Crippen LogP contribution < -0.4 is 4.90 Å². The molecule has 0 aliphatic carbocycles. The highest BCUT2D eigenvalue weighted by Gasteiger charge is 2.51. The third kappa shape index (κ3) is 3.92. The summed E-state index contributed by atoms with van der Waals surface area (Å²) in [7, 11) is 1.50. The van der Waals surface area contributed by atoms with E-state index in [2.05, 4.69) is 0 Å². The third-order valence-corrected chi connectivity index (χ3v) is 4.58.